The lowest BCUT2D eigenvalue weighted by atomic mass is 10.4. The van der Waals surface area contributed by atoms with Gasteiger partial charge in [0.25, 0.3) is 5.91 Å². The molecule has 2 aromatic heterocycles. The molecule has 0 fully saturated rings. The number of carbonyl (C=O) groups excluding carboxylic acids is 1. The van der Waals surface area contributed by atoms with Crippen LogP contribution in [0.4, 0.5) is 0 Å². The van der Waals surface area contributed by atoms with Gasteiger partial charge in [0.1, 0.15) is 15.6 Å². The molecule has 1 amide bonds. The van der Waals surface area contributed by atoms with Gasteiger partial charge in [-0.25, -0.2) is 4.98 Å². The number of carbonyl (C=O) groups is 1. The first-order valence-corrected chi connectivity index (χ1v) is 6.35. The van der Waals surface area contributed by atoms with Crippen LogP contribution in [0, 0.1) is 0 Å². The highest BCUT2D eigenvalue weighted by Crippen LogP contribution is 2.24. The molecule has 0 saturated heterocycles. The Hall–Kier alpha value is -1.40. The van der Waals surface area contributed by atoms with Gasteiger partial charge in [-0.2, -0.15) is 0 Å². The maximum atomic E-state index is 11.8. The summed E-state index contributed by atoms with van der Waals surface area (Å²) in [6.45, 7) is 0.456. The fourth-order valence-corrected chi connectivity index (χ4v) is 2.53. The van der Waals surface area contributed by atoms with Crippen LogP contribution in [0.15, 0.2) is 23.0 Å². The molecular weight excluding hydrogens is 244 g/mol. The molecule has 0 aromatic carbocycles. The minimum Gasteiger partial charge on any atom is -0.495 e. The molecule has 2 heterocycles. The van der Waals surface area contributed by atoms with Crippen molar-refractivity contribution in [1.82, 2.24) is 10.3 Å². The van der Waals surface area contributed by atoms with E-state index in [-0.39, 0.29) is 5.91 Å². The van der Waals surface area contributed by atoms with Gasteiger partial charge in [0, 0.05) is 11.6 Å². The number of amides is 1. The highest BCUT2D eigenvalue weighted by atomic mass is 32.1. The standard InChI is InChI=1S/C10H10N2O2S2/c1-14-7-2-4-16-9(7)10(13)12-6-8-11-3-5-15-8/h2-5H,6H2,1H3,(H,12,13). The highest BCUT2D eigenvalue weighted by molar-refractivity contribution is 7.12. The van der Waals surface area contributed by atoms with Gasteiger partial charge in [-0.05, 0) is 11.4 Å². The first-order chi connectivity index (χ1) is 7.81. The number of hydrogen-bond acceptors (Lipinski definition) is 5. The van der Waals surface area contributed by atoms with Crippen LogP contribution in [0.2, 0.25) is 0 Å². The second-order valence-corrected chi connectivity index (χ2v) is 4.82. The molecule has 0 radical (unpaired) electrons. The van der Waals surface area contributed by atoms with E-state index in [1.54, 1.807) is 19.4 Å². The van der Waals surface area contributed by atoms with E-state index in [0.29, 0.717) is 17.2 Å². The topological polar surface area (TPSA) is 51.2 Å². The molecule has 1 N–H and O–H groups in total. The summed E-state index contributed by atoms with van der Waals surface area (Å²) in [5, 5.41) is 7.41. The zero-order valence-corrected chi connectivity index (χ0v) is 10.2. The van der Waals surface area contributed by atoms with Crippen LogP contribution in [0.5, 0.6) is 5.75 Å². The molecule has 0 aliphatic heterocycles. The highest BCUT2D eigenvalue weighted by Gasteiger charge is 2.13. The number of rotatable bonds is 4. The molecule has 4 nitrogen and oxygen atoms in total. The van der Waals surface area contributed by atoms with Crippen LogP contribution in [-0.2, 0) is 6.54 Å². The summed E-state index contributed by atoms with van der Waals surface area (Å²) in [4.78, 5) is 16.5. The Balaban J connectivity index is 1.98. The van der Waals surface area contributed by atoms with Crippen LogP contribution in [0.1, 0.15) is 14.7 Å². The first-order valence-electron chi connectivity index (χ1n) is 4.59. The lowest BCUT2D eigenvalue weighted by Crippen LogP contribution is -2.22. The predicted molar refractivity (Wildman–Crippen MR) is 64.2 cm³/mol. The summed E-state index contributed by atoms with van der Waals surface area (Å²) < 4.78 is 5.08. The van der Waals surface area contributed by atoms with Gasteiger partial charge in [0.05, 0.1) is 13.7 Å². The van der Waals surface area contributed by atoms with Crippen LogP contribution in [0.3, 0.4) is 0 Å². The normalized spacial score (nSPS) is 10.1. The Morgan fingerprint density at radius 2 is 2.38 bits per heavy atom. The Labute approximate surface area is 101 Å². The number of thiazole rings is 1. The first kappa shape index (κ1) is 11.1. The van der Waals surface area contributed by atoms with Crippen molar-refractivity contribution in [2.45, 2.75) is 6.54 Å². The molecule has 84 valence electrons. The van der Waals surface area contributed by atoms with Crippen molar-refractivity contribution >= 4 is 28.6 Å². The van der Waals surface area contributed by atoms with E-state index >= 15 is 0 Å². The van der Waals surface area contributed by atoms with Crippen molar-refractivity contribution in [2.24, 2.45) is 0 Å². The lowest BCUT2D eigenvalue weighted by Gasteiger charge is -2.03. The molecule has 2 aromatic rings. The number of thiophene rings is 1. The number of methoxy groups -OCH3 is 1. The van der Waals surface area contributed by atoms with Gasteiger partial charge in [-0.3, -0.25) is 4.79 Å². The van der Waals surface area contributed by atoms with Crippen molar-refractivity contribution in [3.8, 4) is 5.75 Å². The van der Waals surface area contributed by atoms with Crippen LogP contribution in [-0.4, -0.2) is 18.0 Å². The van der Waals surface area contributed by atoms with Gasteiger partial charge in [-0.1, -0.05) is 0 Å². The van der Waals surface area contributed by atoms with E-state index in [2.05, 4.69) is 10.3 Å². The van der Waals surface area contributed by atoms with Crippen molar-refractivity contribution in [2.75, 3.05) is 7.11 Å². The van der Waals surface area contributed by atoms with Gasteiger partial charge < -0.3 is 10.1 Å². The molecule has 0 aliphatic rings. The summed E-state index contributed by atoms with van der Waals surface area (Å²) in [5.41, 5.74) is 0. The minimum atomic E-state index is -0.123. The van der Waals surface area contributed by atoms with Gasteiger partial charge in [0.2, 0.25) is 0 Å². The molecule has 0 saturated carbocycles. The van der Waals surface area contributed by atoms with Crippen LogP contribution < -0.4 is 10.1 Å². The second-order valence-electron chi connectivity index (χ2n) is 2.93. The number of ether oxygens (including phenoxy) is 1. The summed E-state index contributed by atoms with van der Waals surface area (Å²) in [5.74, 6) is 0.490. The third-order valence-corrected chi connectivity index (χ3v) is 3.61. The molecule has 6 heteroatoms. The quantitative estimate of drug-likeness (QED) is 0.909. The summed E-state index contributed by atoms with van der Waals surface area (Å²) >= 11 is 2.88. The predicted octanol–water partition coefficient (Wildman–Crippen LogP) is 2.14. The molecule has 16 heavy (non-hydrogen) atoms. The average molecular weight is 254 g/mol. The fraction of sp³-hybridized carbons (Fsp3) is 0.200. The second kappa shape index (κ2) is 5.09. The molecule has 0 aliphatic carbocycles. The summed E-state index contributed by atoms with van der Waals surface area (Å²) in [6, 6.07) is 1.78. The van der Waals surface area contributed by atoms with Crippen molar-refractivity contribution in [1.29, 1.82) is 0 Å². The third-order valence-electron chi connectivity index (χ3n) is 1.94. The molecule has 0 atom stereocenters. The summed E-state index contributed by atoms with van der Waals surface area (Å²) in [6.07, 6.45) is 1.72. The average Bonchev–Trinajstić information content (AvgIpc) is 2.96. The van der Waals surface area contributed by atoms with Crippen LogP contribution >= 0.6 is 22.7 Å². The van der Waals surface area contributed by atoms with Crippen molar-refractivity contribution < 1.29 is 9.53 Å². The Morgan fingerprint density at radius 1 is 1.50 bits per heavy atom. The van der Waals surface area contributed by atoms with Crippen LogP contribution in [0.25, 0.3) is 0 Å². The van der Waals surface area contributed by atoms with E-state index in [0.717, 1.165) is 5.01 Å². The molecule has 2 rings (SSSR count). The SMILES string of the molecule is COc1ccsc1C(=O)NCc1nccs1. The van der Waals surface area contributed by atoms with Crippen molar-refractivity contribution in [3.63, 3.8) is 0 Å². The Bertz CT molecular complexity index is 465. The smallest absolute Gasteiger partial charge is 0.265 e. The van der Waals surface area contributed by atoms with E-state index in [9.17, 15) is 4.79 Å². The van der Waals surface area contributed by atoms with E-state index in [4.69, 9.17) is 4.74 Å². The van der Waals surface area contributed by atoms with E-state index < -0.39 is 0 Å². The van der Waals surface area contributed by atoms with Crippen molar-refractivity contribution in [3.05, 3.63) is 32.9 Å². The fourth-order valence-electron chi connectivity index (χ4n) is 1.20. The molecule has 0 bridgehead atoms. The van der Waals surface area contributed by atoms with E-state index in [1.165, 1.54) is 22.7 Å². The number of aromatic nitrogens is 1. The lowest BCUT2D eigenvalue weighted by molar-refractivity contribution is 0.0952. The number of hydrogen-bond donors (Lipinski definition) is 1. The third kappa shape index (κ3) is 2.40. The Morgan fingerprint density at radius 3 is 3.06 bits per heavy atom. The summed E-state index contributed by atoms with van der Waals surface area (Å²) in [7, 11) is 1.56. The van der Waals surface area contributed by atoms with E-state index in [1.807, 2.05) is 10.8 Å². The van der Waals surface area contributed by atoms with Gasteiger partial charge in [0.15, 0.2) is 0 Å². The van der Waals surface area contributed by atoms with Gasteiger partial charge >= 0.3 is 0 Å². The monoisotopic (exact) mass is 254 g/mol. The van der Waals surface area contributed by atoms with Gasteiger partial charge in [-0.15, -0.1) is 22.7 Å². The minimum absolute atomic E-state index is 0.123. The zero-order valence-electron chi connectivity index (χ0n) is 8.60. The maximum Gasteiger partial charge on any atom is 0.265 e. The molecule has 0 unspecified atom stereocenters. The zero-order chi connectivity index (χ0) is 11.4. The number of nitrogens with one attached hydrogen (secondary N) is 1. The number of nitrogens with zero attached hydrogens (tertiary/aromatic N) is 1. The maximum absolute atomic E-state index is 11.8. The largest absolute Gasteiger partial charge is 0.495 e. The Kier molecular flexibility index (Phi) is 3.53. The molecular formula is C10H10N2O2S2. The molecule has 0 spiro atoms.